The molecule has 0 fully saturated rings. The van der Waals surface area contributed by atoms with Gasteiger partial charge in [0.25, 0.3) is 5.91 Å². The van der Waals surface area contributed by atoms with Crippen LogP contribution in [0.15, 0.2) is 54.6 Å². The average molecular weight is 437 g/mol. The summed E-state index contributed by atoms with van der Waals surface area (Å²) in [6.07, 6.45) is 0.755. The molecular weight excluding hydrogens is 412 g/mol. The Labute approximate surface area is 185 Å². The normalized spacial score (nSPS) is 11.7. The molecule has 2 heterocycles. The first-order valence-corrected chi connectivity index (χ1v) is 11.0. The Kier molecular flexibility index (Phi) is 6.23. The van der Waals surface area contributed by atoms with E-state index < -0.39 is 0 Å². The topological polar surface area (TPSA) is 67.9 Å². The largest absolute Gasteiger partial charge is 0.495 e. The van der Waals surface area contributed by atoms with Crippen LogP contribution in [0, 0.1) is 0 Å². The van der Waals surface area contributed by atoms with Crippen molar-refractivity contribution in [2.45, 2.75) is 20.0 Å². The van der Waals surface area contributed by atoms with Gasteiger partial charge in [-0.2, -0.15) is 0 Å². The molecule has 2 amide bonds. The van der Waals surface area contributed by atoms with Gasteiger partial charge in [0.15, 0.2) is 0 Å². The van der Waals surface area contributed by atoms with E-state index in [0.717, 1.165) is 28.2 Å². The number of anilines is 1. The number of thiophene rings is 1. The van der Waals surface area contributed by atoms with Crippen molar-refractivity contribution in [3.05, 3.63) is 65.0 Å². The van der Waals surface area contributed by atoms with Gasteiger partial charge in [-0.05, 0) is 36.8 Å². The highest BCUT2D eigenvalue weighted by Gasteiger charge is 2.25. The van der Waals surface area contributed by atoms with Crippen LogP contribution in [0.25, 0.3) is 10.4 Å². The first-order chi connectivity index (χ1) is 15.1. The second-order valence-corrected chi connectivity index (χ2v) is 8.28. The van der Waals surface area contributed by atoms with Crippen LogP contribution in [-0.2, 0) is 11.4 Å². The zero-order chi connectivity index (χ0) is 21.8. The van der Waals surface area contributed by atoms with Crippen LogP contribution < -0.4 is 14.8 Å². The van der Waals surface area contributed by atoms with Crippen molar-refractivity contribution in [3.8, 4) is 21.9 Å². The zero-order valence-electron chi connectivity index (χ0n) is 17.5. The van der Waals surface area contributed by atoms with Gasteiger partial charge in [0.1, 0.15) is 24.7 Å². The quantitative estimate of drug-likeness (QED) is 0.577. The van der Waals surface area contributed by atoms with Crippen molar-refractivity contribution in [1.82, 2.24) is 4.90 Å². The van der Waals surface area contributed by atoms with Crippen molar-refractivity contribution >= 4 is 28.8 Å². The van der Waals surface area contributed by atoms with E-state index in [0.29, 0.717) is 29.5 Å². The molecule has 0 aliphatic carbocycles. The smallest absolute Gasteiger partial charge is 0.264 e. The van der Waals surface area contributed by atoms with E-state index in [4.69, 9.17) is 9.47 Å². The fourth-order valence-corrected chi connectivity index (χ4v) is 4.76. The van der Waals surface area contributed by atoms with Crippen LogP contribution in [0.4, 0.5) is 5.69 Å². The number of carbonyl (C=O) groups excluding carboxylic acids is 2. The number of nitrogens with one attached hydrogen (secondary N) is 1. The lowest BCUT2D eigenvalue weighted by molar-refractivity contribution is -0.116. The molecule has 1 aliphatic rings. The predicted molar refractivity (Wildman–Crippen MR) is 122 cm³/mol. The van der Waals surface area contributed by atoms with Crippen molar-refractivity contribution in [1.29, 1.82) is 0 Å². The fraction of sp³-hybridized carbons (Fsp3) is 0.250. The molecular formula is C24H24N2O4S. The van der Waals surface area contributed by atoms with E-state index >= 15 is 0 Å². The maximum Gasteiger partial charge on any atom is 0.264 e. The number of fused-ring (bicyclic) bond motifs is 3. The predicted octanol–water partition coefficient (Wildman–Crippen LogP) is 4.81. The average Bonchev–Trinajstić information content (AvgIpc) is 3.23. The molecule has 0 unspecified atom stereocenters. The van der Waals surface area contributed by atoms with Crippen LogP contribution in [0.2, 0.25) is 0 Å². The van der Waals surface area contributed by atoms with Crippen molar-refractivity contribution < 1.29 is 19.1 Å². The number of ether oxygens (including phenoxy) is 2. The minimum atomic E-state index is -0.263. The monoisotopic (exact) mass is 436 g/mol. The molecule has 160 valence electrons. The van der Waals surface area contributed by atoms with Crippen LogP contribution >= 0.6 is 11.3 Å². The molecule has 1 aliphatic heterocycles. The molecule has 3 aromatic rings. The van der Waals surface area contributed by atoms with Gasteiger partial charge in [0.05, 0.1) is 17.7 Å². The third-order valence-corrected chi connectivity index (χ3v) is 6.23. The van der Waals surface area contributed by atoms with E-state index in [9.17, 15) is 9.59 Å². The van der Waals surface area contributed by atoms with Crippen molar-refractivity contribution in [2.24, 2.45) is 0 Å². The van der Waals surface area contributed by atoms with Crippen LogP contribution in [0.5, 0.6) is 11.5 Å². The summed E-state index contributed by atoms with van der Waals surface area (Å²) < 4.78 is 11.1. The molecule has 4 rings (SSSR count). The summed E-state index contributed by atoms with van der Waals surface area (Å²) in [7, 11) is 1.55. The van der Waals surface area contributed by atoms with Gasteiger partial charge in [-0.3, -0.25) is 9.59 Å². The summed E-state index contributed by atoms with van der Waals surface area (Å²) in [6.45, 7) is 2.90. The summed E-state index contributed by atoms with van der Waals surface area (Å²) in [5, 5.41) is 2.84. The summed E-state index contributed by atoms with van der Waals surface area (Å²) >= 11 is 1.45. The van der Waals surface area contributed by atoms with Crippen molar-refractivity contribution in [3.63, 3.8) is 0 Å². The Balaban J connectivity index is 1.52. The number of carbonyl (C=O) groups is 2. The number of rotatable bonds is 7. The number of hydrogen-bond donors (Lipinski definition) is 1. The highest BCUT2D eigenvalue weighted by Crippen LogP contribution is 2.42. The second kappa shape index (κ2) is 9.22. The highest BCUT2D eigenvalue weighted by atomic mass is 32.1. The summed E-state index contributed by atoms with van der Waals surface area (Å²) in [6, 6.07) is 16.9. The highest BCUT2D eigenvalue weighted by molar-refractivity contribution is 7.17. The molecule has 0 radical (unpaired) electrons. The van der Waals surface area contributed by atoms with Gasteiger partial charge in [-0.1, -0.05) is 31.2 Å². The molecule has 0 spiro atoms. The van der Waals surface area contributed by atoms with E-state index in [1.807, 2.05) is 49.4 Å². The summed E-state index contributed by atoms with van der Waals surface area (Å²) in [5.74, 6) is 1.00. The molecule has 31 heavy (non-hydrogen) atoms. The first-order valence-electron chi connectivity index (χ1n) is 10.2. The Bertz CT molecular complexity index is 1110. The molecule has 6 nitrogen and oxygen atoms in total. The van der Waals surface area contributed by atoms with E-state index in [1.54, 1.807) is 24.1 Å². The standard InChI is InChI=1S/C24H24N2O4S/c1-3-12-26(14-22(27)25-18-9-5-7-11-20(18)29-2)24(28)21-13-16-15-30-19-10-6-4-8-17(19)23(16)31-21/h4-11,13H,3,12,14-15H2,1-2H3,(H,25,27). The van der Waals surface area contributed by atoms with Crippen LogP contribution in [0.1, 0.15) is 28.6 Å². The van der Waals surface area contributed by atoms with Gasteiger partial charge < -0.3 is 19.7 Å². The third kappa shape index (κ3) is 4.41. The SMILES string of the molecule is CCCN(CC(=O)Nc1ccccc1OC)C(=O)c1cc2c(s1)-c1ccccc1OC2. The number of para-hydroxylation sites is 3. The summed E-state index contributed by atoms with van der Waals surface area (Å²) in [4.78, 5) is 29.2. The van der Waals surface area contributed by atoms with Gasteiger partial charge in [0.2, 0.25) is 5.91 Å². The Morgan fingerprint density at radius 1 is 1.16 bits per heavy atom. The first kappa shape index (κ1) is 20.9. The van der Waals surface area contributed by atoms with Gasteiger partial charge in [-0.25, -0.2) is 0 Å². The maximum absolute atomic E-state index is 13.3. The lowest BCUT2D eigenvalue weighted by Gasteiger charge is -2.21. The molecule has 0 saturated carbocycles. The van der Waals surface area contributed by atoms with Gasteiger partial charge in [0, 0.05) is 22.5 Å². The number of hydrogen-bond acceptors (Lipinski definition) is 5. The number of methoxy groups -OCH3 is 1. The molecule has 2 aromatic carbocycles. The van der Waals surface area contributed by atoms with Gasteiger partial charge >= 0.3 is 0 Å². The number of nitrogens with zero attached hydrogens (tertiary/aromatic N) is 1. The molecule has 1 aromatic heterocycles. The fourth-order valence-electron chi connectivity index (χ4n) is 3.59. The number of amides is 2. The van der Waals surface area contributed by atoms with Crippen molar-refractivity contribution in [2.75, 3.05) is 25.5 Å². The summed E-state index contributed by atoms with van der Waals surface area (Å²) in [5.41, 5.74) is 2.59. The molecule has 0 atom stereocenters. The number of benzene rings is 2. The minimum Gasteiger partial charge on any atom is -0.495 e. The van der Waals surface area contributed by atoms with Crippen LogP contribution in [0.3, 0.4) is 0 Å². The second-order valence-electron chi connectivity index (χ2n) is 7.23. The third-order valence-electron chi connectivity index (χ3n) is 5.03. The molecule has 1 N–H and O–H groups in total. The van der Waals surface area contributed by atoms with Crippen LogP contribution in [-0.4, -0.2) is 36.9 Å². The molecule has 0 saturated heterocycles. The molecule has 0 bridgehead atoms. The van der Waals surface area contributed by atoms with E-state index in [2.05, 4.69) is 5.32 Å². The maximum atomic E-state index is 13.3. The van der Waals surface area contributed by atoms with Gasteiger partial charge in [-0.15, -0.1) is 11.3 Å². The van der Waals surface area contributed by atoms with E-state index in [-0.39, 0.29) is 18.4 Å². The molecule has 7 heteroatoms. The minimum absolute atomic E-state index is 0.0274. The lowest BCUT2D eigenvalue weighted by Crippen LogP contribution is -2.38. The zero-order valence-corrected chi connectivity index (χ0v) is 18.3. The van der Waals surface area contributed by atoms with E-state index in [1.165, 1.54) is 11.3 Å². The Hall–Kier alpha value is -3.32. The lowest BCUT2D eigenvalue weighted by atomic mass is 10.1. The Morgan fingerprint density at radius 3 is 2.74 bits per heavy atom. The Morgan fingerprint density at radius 2 is 1.94 bits per heavy atom.